The molecule has 12 nitrogen and oxygen atoms in total. The van der Waals surface area contributed by atoms with Crippen molar-refractivity contribution >= 4 is 46.9 Å². The topological polar surface area (TPSA) is 127 Å². The van der Waals surface area contributed by atoms with Crippen molar-refractivity contribution in [3.8, 4) is 5.75 Å². The molecule has 2 N–H and O–H groups in total. The van der Waals surface area contributed by atoms with Gasteiger partial charge in [0.15, 0.2) is 5.82 Å². The SMILES string of the molecule is C=N/C(=C\c1nncn1C)Oc1ccc(Nc2ncnc3ccc(NC4=NC5(CO4)CN(C)C5)cc23)cc1C. The Balaban J connectivity index is 1.20. The molecule has 6 rings (SSSR count). The minimum atomic E-state index is -0.120. The summed E-state index contributed by atoms with van der Waals surface area (Å²) in [6.07, 6.45) is 4.83. The average Bonchev–Trinajstić information content (AvgIpc) is 3.51. The largest absolute Gasteiger partial charge is 0.462 e. The normalized spacial score (nSPS) is 16.5. The van der Waals surface area contributed by atoms with Gasteiger partial charge in [-0.3, -0.25) is 0 Å². The molecule has 0 aliphatic carbocycles. The number of nitrogens with one attached hydrogen (secondary N) is 2. The Kier molecular flexibility index (Phi) is 6.15. The standard InChI is InChI=1S/C27H28N10O2/c1-17-9-18(6-8-22(17)39-24(28-2)11-23-35-31-16-37(23)4)32-25-20-10-19(5-7-21(20)29-15-30-25)33-26-34-27(14-38-26)12-36(3)13-27/h5-11,15-16H,2,12-14H2,1,3-4H3,(H,33,34)(H,29,30,32)/b24-11+. The Bertz CT molecular complexity index is 1620. The second-order valence-corrected chi connectivity index (χ2v) is 9.83. The number of amidine groups is 1. The summed E-state index contributed by atoms with van der Waals surface area (Å²) in [7, 11) is 3.93. The zero-order chi connectivity index (χ0) is 27.0. The van der Waals surface area contributed by atoms with Crippen LogP contribution in [0.3, 0.4) is 0 Å². The van der Waals surface area contributed by atoms with E-state index in [2.05, 4.69) is 54.5 Å². The smallest absolute Gasteiger partial charge is 0.290 e. The van der Waals surface area contributed by atoms with Crippen LogP contribution in [0.15, 0.2) is 64.9 Å². The fourth-order valence-electron chi connectivity index (χ4n) is 4.76. The first kappa shape index (κ1) is 24.5. The fourth-order valence-corrected chi connectivity index (χ4v) is 4.76. The molecule has 2 aromatic carbocycles. The zero-order valence-corrected chi connectivity index (χ0v) is 21.9. The Labute approximate surface area is 225 Å². The molecule has 0 atom stereocenters. The van der Waals surface area contributed by atoms with Crippen LogP contribution in [0, 0.1) is 6.92 Å². The van der Waals surface area contributed by atoms with Gasteiger partial charge in [0.2, 0.25) is 5.88 Å². The van der Waals surface area contributed by atoms with Crippen LogP contribution in [0.4, 0.5) is 17.2 Å². The summed E-state index contributed by atoms with van der Waals surface area (Å²) in [6, 6.07) is 12.2. The molecule has 12 heteroatoms. The van der Waals surface area contributed by atoms with E-state index in [4.69, 9.17) is 14.5 Å². The molecule has 0 saturated carbocycles. The first-order valence-corrected chi connectivity index (χ1v) is 12.4. The van der Waals surface area contributed by atoms with Crippen molar-refractivity contribution < 1.29 is 9.47 Å². The Morgan fingerprint density at radius 3 is 2.69 bits per heavy atom. The van der Waals surface area contributed by atoms with E-state index in [1.807, 2.05) is 50.4 Å². The number of fused-ring (bicyclic) bond motifs is 1. The number of aryl methyl sites for hydroxylation is 2. The summed E-state index contributed by atoms with van der Waals surface area (Å²) in [4.78, 5) is 19.9. The number of anilines is 3. The molecule has 198 valence electrons. The highest BCUT2D eigenvalue weighted by Crippen LogP contribution is 2.31. The lowest BCUT2D eigenvalue weighted by atomic mass is 9.93. The first-order chi connectivity index (χ1) is 18.9. The Morgan fingerprint density at radius 1 is 1.13 bits per heavy atom. The molecule has 4 heterocycles. The molecule has 39 heavy (non-hydrogen) atoms. The van der Waals surface area contributed by atoms with E-state index in [1.165, 1.54) is 0 Å². The summed E-state index contributed by atoms with van der Waals surface area (Å²) in [6.45, 7) is 7.98. The minimum absolute atomic E-state index is 0.120. The predicted octanol–water partition coefficient (Wildman–Crippen LogP) is 3.37. The lowest BCUT2D eigenvalue weighted by molar-refractivity contribution is 0.0754. The molecule has 1 saturated heterocycles. The van der Waals surface area contributed by atoms with Gasteiger partial charge in [-0.25, -0.2) is 20.0 Å². The van der Waals surface area contributed by atoms with Crippen LogP contribution in [0.2, 0.25) is 0 Å². The number of ether oxygens (including phenoxy) is 2. The Morgan fingerprint density at radius 2 is 1.95 bits per heavy atom. The predicted molar refractivity (Wildman–Crippen MR) is 150 cm³/mol. The van der Waals surface area contributed by atoms with Gasteiger partial charge in [0.1, 0.15) is 36.4 Å². The molecule has 0 unspecified atom stereocenters. The maximum absolute atomic E-state index is 5.97. The van der Waals surface area contributed by atoms with Gasteiger partial charge < -0.3 is 29.6 Å². The number of hydrogen-bond donors (Lipinski definition) is 2. The third kappa shape index (κ3) is 5.01. The number of nitrogens with zero attached hydrogens (tertiary/aromatic N) is 8. The van der Waals surface area contributed by atoms with E-state index in [0.29, 0.717) is 35.9 Å². The lowest BCUT2D eigenvalue weighted by Crippen LogP contribution is -2.59. The molecular weight excluding hydrogens is 496 g/mol. The van der Waals surface area contributed by atoms with E-state index >= 15 is 0 Å². The van der Waals surface area contributed by atoms with E-state index in [9.17, 15) is 0 Å². The second kappa shape index (κ2) is 9.80. The summed E-state index contributed by atoms with van der Waals surface area (Å²) >= 11 is 0. The van der Waals surface area contributed by atoms with Crippen molar-refractivity contribution in [3.05, 3.63) is 66.3 Å². The number of likely N-dealkylation sites (N-methyl/N-ethyl adjacent to an activating group) is 1. The highest BCUT2D eigenvalue weighted by Gasteiger charge is 2.46. The van der Waals surface area contributed by atoms with Crippen LogP contribution in [-0.4, -0.2) is 74.7 Å². The molecule has 4 aromatic rings. The first-order valence-electron chi connectivity index (χ1n) is 12.4. The number of aliphatic imine (C=N–C) groups is 2. The number of hydrogen-bond acceptors (Lipinski definition) is 11. The van der Waals surface area contributed by atoms with E-state index in [0.717, 1.165) is 40.9 Å². The van der Waals surface area contributed by atoms with Crippen molar-refractivity contribution in [1.82, 2.24) is 29.6 Å². The molecule has 2 aromatic heterocycles. The van der Waals surface area contributed by atoms with Gasteiger partial charge in [0, 0.05) is 43.0 Å². The number of aromatic nitrogens is 5. The van der Waals surface area contributed by atoms with Gasteiger partial charge in [-0.15, -0.1) is 10.2 Å². The summed E-state index contributed by atoms with van der Waals surface area (Å²) in [5.41, 5.74) is 3.30. The third-order valence-electron chi connectivity index (χ3n) is 6.64. The van der Waals surface area contributed by atoms with Crippen LogP contribution in [0.5, 0.6) is 5.75 Å². The van der Waals surface area contributed by atoms with Crippen molar-refractivity contribution in [2.75, 3.05) is 37.4 Å². The van der Waals surface area contributed by atoms with Crippen molar-refractivity contribution in [2.45, 2.75) is 12.5 Å². The number of likely N-dealkylation sites (tertiary alicyclic amines) is 1. The lowest BCUT2D eigenvalue weighted by Gasteiger charge is -2.41. The van der Waals surface area contributed by atoms with Gasteiger partial charge in [-0.1, -0.05) is 0 Å². The minimum Gasteiger partial charge on any atom is -0.462 e. The fraction of sp³-hybridized carbons (Fsp3) is 0.259. The molecule has 2 aliphatic rings. The maximum atomic E-state index is 5.97. The van der Waals surface area contributed by atoms with Crippen LogP contribution in [-0.2, 0) is 11.8 Å². The van der Waals surface area contributed by atoms with E-state index in [1.54, 1.807) is 23.3 Å². The van der Waals surface area contributed by atoms with Crippen molar-refractivity contribution in [2.24, 2.45) is 17.0 Å². The number of rotatable bonds is 7. The maximum Gasteiger partial charge on any atom is 0.290 e. The van der Waals surface area contributed by atoms with Crippen LogP contribution in [0.1, 0.15) is 11.4 Å². The molecule has 0 radical (unpaired) electrons. The van der Waals surface area contributed by atoms with Gasteiger partial charge in [0.05, 0.1) is 5.52 Å². The molecule has 0 bridgehead atoms. The monoisotopic (exact) mass is 524 g/mol. The van der Waals surface area contributed by atoms with Gasteiger partial charge in [0.25, 0.3) is 6.02 Å². The Hall–Kier alpha value is -4.84. The molecule has 1 spiro atoms. The summed E-state index contributed by atoms with van der Waals surface area (Å²) in [5.74, 6) is 2.26. The third-order valence-corrected chi connectivity index (χ3v) is 6.64. The molecule has 1 fully saturated rings. The van der Waals surface area contributed by atoms with Gasteiger partial charge in [-0.05, 0) is 62.7 Å². The molecular formula is C27H28N10O2. The van der Waals surface area contributed by atoms with Crippen molar-refractivity contribution in [3.63, 3.8) is 0 Å². The van der Waals surface area contributed by atoms with Gasteiger partial charge >= 0.3 is 0 Å². The zero-order valence-electron chi connectivity index (χ0n) is 21.9. The molecule has 2 aliphatic heterocycles. The highest BCUT2D eigenvalue weighted by atomic mass is 16.5. The second-order valence-electron chi connectivity index (χ2n) is 9.83. The van der Waals surface area contributed by atoms with Crippen LogP contribution < -0.4 is 15.4 Å². The van der Waals surface area contributed by atoms with Crippen LogP contribution in [0.25, 0.3) is 17.0 Å². The summed E-state index contributed by atoms with van der Waals surface area (Å²) < 4.78 is 13.6. The van der Waals surface area contributed by atoms with E-state index in [-0.39, 0.29) is 5.54 Å². The average molecular weight is 525 g/mol. The quantitative estimate of drug-likeness (QED) is 0.276. The van der Waals surface area contributed by atoms with E-state index < -0.39 is 0 Å². The highest BCUT2D eigenvalue weighted by molar-refractivity contribution is 5.97. The summed E-state index contributed by atoms with van der Waals surface area (Å²) in [5, 5.41) is 15.5. The van der Waals surface area contributed by atoms with Crippen molar-refractivity contribution in [1.29, 1.82) is 0 Å². The molecule has 0 amide bonds. The number of benzene rings is 2. The van der Waals surface area contributed by atoms with Crippen LogP contribution >= 0.6 is 0 Å². The van der Waals surface area contributed by atoms with Gasteiger partial charge in [-0.2, -0.15) is 0 Å².